The van der Waals surface area contributed by atoms with Crippen LogP contribution in [0.15, 0.2) is 18.2 Å². The minimum absolute atomic E-state index is 0.0852. The first-order valence-corrected chi connectivity index (χ1v) is 6.29. The van der Waals surface area contributed by atoms with Crippen molar-refractivity contribution in [2.45, 2.75) is 39.2 Å². The summed E-state index contributed by atoms with van der Waals surface area (Å²) in [5.74, 6) is 0.128. The Morgan fingerprint density at radius 3 is 2.94 bits per heavy atom. The molecule has 1 amide bonds. The maximum Gasteiger partial charge on any atom is 0.242 e. The van der Waals surface area contributed by atoms with Gasteiger partial charge in [-0.2, -0.15) is 0 Å². The van der Waals surface area contributed by atoms with Gasteiger partial charge in [0.2, 0.25) is 5.91 Å². The summed E-state index contributed by atoms with van der Waals surface area (Å²) in [6.45, 7) is 4.99. The number of hydrogen-bond acceptors (Lipinski definition) is 2. The third-order valence-electron chi connectivity index (χ3n) is 3.47. The predicted octanol–water partition coefficient (Wildman–Crippen LogP) is 2.38. The average Bonchev–Trinajstić information content (AvgIpc) is 2.51. The molecule has 1 unspecified atom stereocenters. The molecule has 17 heavy (non-hydrogen) atoms. The fourth-order valence-corrected chi connectivity index (χ4v) is 2.17. The smallest absolute Gasteiger partial charge is 0.242 e. The highest BCUT2D eigenvalue weighted by Crippen LogP contribution is 2.20. The number of hydrogen-bond donors (Lipinski definition) is 2. The van der Waals surface area contributed by atoms with Gasteiger partial charge in [-0.1, -0.05) is 12.1 Å². The van der Waals surface area contributed by atoms with Crippen molar-refractivity contribution in [1.29, 1.82) is 0 Å². The monoisotopic (exact) mass is 232 g/mol. The van der Waals surface area contributed by atoms with Crippen molar-refractivity contribution >= 4 is 11.6 Å². The molecule has 1 aromatic carbocycles. The Hall–Kier alpha value is -1.51. The van der Waals surface area contributed by atoms with Gasteiger partial charge in [-0.25, -0.2) is 0 Å². The van der Waals surface area contributed by atoms with E-state index in [1.165, 1.54) is 11.1 Å². The van der Waals surface area contributed by atoms with Crippen LogP contribution in [0, 0.1) is 13.8 Å². The van der Waals surface area contributed by atoms with Crippen LogP contribution < -0.4 is 10.6 Å². The summed E-state index contributed by atoms with van der Waals surface area (Å²) >= 11 is 0. The molecule has 0 saturated carbocycles. The molecular weight excluding hydrogens is 212 g/mol. The summed E-state index contributed by atoms with van der Waals surface area (Å²) in [4.78, 5) is 11.8. The van der Waals surface area contributed by atoms with Crippen molar-refractivity contribution in [2.75, 3.05) is 11.9 Å². The summed E-state index contributed by atoms with van der Waals surface area (Å²) in [6.07, 6.45) is 3.09. The summed E-state index contributed by atoms with van der Waals surface area (Å²) < 4.78 is 0. The van der Waals surface area contributed by atoms with Crippen molar-refractivity contribution in [3.63, 3.8) is 0 Å². The Morgan fingerprint density at radius 1 is 1.29 bits per heavy atom. The Morgan fingerprint density at radius 2 is 2.12 bits per heavy atom. The van der Waals surface area contributed by atoms with E-state index in [0.717, 1.165) is 31.5 Å². The van der Waals surface area contributed by atoms with Crippen molar-refractivity contribution in [1.82, 2.24) is 5.32 Å². The summed E-state index contributed by atoms with van der Waals surface area (Å²) in [5, 5.41) is 6.32. The van der Waals surface area contributed by atoms with Crippen LogP contribution in [-0.4, -0.2) is 18.5 Å². The van der Waals surface area contributed by atoms with E-state index in [2.05, 4.69) is 30.5 Å². The Balaban J connectivity index is 2.13. The van der Waals surface area contributed by atoms with Gasteiger partial charge in [0.1, 0.15) is 6.04 Å². The second kappa shape index (κ2) is 5.21. The van der Waals surface area contributed by atoms with Crippen molar-refractivity contribution in [2.24, 2.45) is 0 Å². The van der Waals surface area contributed by atoms with Crippen LogP contribution in [0.1, 0.15) is 30.4 Å². The van der Waals surface area contributed by atoms with Crippen LogP contribution in [0.2, 0.25) is 0 Å². The number of amides is 1. The first-order valence-electron chi connectivity index (χ1n) is 6.29. The zero-order chi connectivity index (χ0) is 12.3. The normalized spacial score (nSPS) is 20.6. The minimum atomic E-state index is -0.0852. The van der Waals surface area contributed by atoms with E-state index in [0.29, 0.717) is 0 Å². The SMILES string of the molecule is Cc1cccc(NC2CCCCNC2=O)c1C. The van der Waals surface area contributed by atoms with Gasteiger partial charge in [-0.15, -0.1) is 0 Å². The first kappa shape index (κ1) is 12.0. The lowest BCUT2D eigenvalue weighted by molar-refractivity contribution is -0.121. The maximum absolute atomic E-state index is 11.8. The molecule has 1 atom stereocenters. The van der Waals surface area contributed by atoms with E-state index in [4.69, 9.17) is 0 Å². The number of carbonyl (C=O) groups is 1. The lowest BCUT2D eigenvalue weighted by atomic mass is 10.1. The number of anilines is 1. The molecule has 1 aliphatic heterocycles. The minimum Gasteiger partial charge on any atom is -0.373 e. The lowest BCUT2D eigenvalue weighted by Gasteiger charge is -2.18. The molecular formula is C14H20N2O. The van der Waals surface area contributed by atoms with E-state index in [1.54, 1.807) is 0 Å². The molecule has 2 rings (SSSR count). The molecule has 3 nitrogen and oxygen atoms in total. The van der Waals surface area contributed by atoms with Gasteiger partial charge in [0.15, 0.2) is 0 Å². The highest BCUT2D eigenvalue weighted by molar-refractivity contribution is 5.85. The number of rotatable bonds is 2. The van der Waals surface area contributed by atoms with Gasteiger partial charge in [-0.3, -0.25) is 4.79 Å². The van der Waals surface area contributed by atoms with Crippen molar-refractivity contribution in [3.05, 3.63) is 29.3 Å². The highest BCUT2D eigenvalue weighted by atomic mass is 16.2. The zero-order valence-corrected chi connectivity index (χ0v) is 10.5. The van der Waals surface area contributed by atoms with Gasteiger partial charge in [0.25, 0.3) is 0 Å². The van der Waals surface area contributed by atoms with Gasteiger partial charge in [-0.05, 0) is 50.3 Å². The Kier molecular flexibility index (Phi) is 3.67. The quantitative estimate of drug-likeness (QED) is 0.822. The van der Waals surface area contributed by atoms with Gasteiger partial charge in [0, 0.05) is 12.2 Å². The van der Waals surface area contributed by atoms with Gasteiger partial charge >= 0.3 is 0 Å². The Labute approximate surface area is 103 Å². The van der Waals surface area contributed by atoms with Crippen LogP contribution in [0.3, 0.4) is 0 Å². The molecule has 1 heterocycles. The predicted molar refractivity (Wildman–Crippen MR) is 70.2 cm³/mol. The third kappa shape index (κ3) is 2.78. The van der Waals surface area contributed by atoms with E-state index in [9.17, 15) is 4.79 Å². The molecule has 0 spiro atoms. The molecule has 1 fully saturated rings. The van der Waals surface area contributed by atoms with E-state index >= 15 is 0 Å². The lowest BCUT2D eigenvalue weighted by Crippen LogP contribution is -2.38. The molecule has 3 heteroatoms. The average molecular weight is 232 g/mol. The molecule has 92 valence electrons. The fourth-order valence-electron chi connectivity index (χ4n) is 2.17. The van der Waals surface area contributed by atoms with Gasteiger partial charge in [0.05, 0.1) is 0 Å². The van der Waals surface area contributed by atoms with Crippen LogP contribution in [0.5, 0.6) is 0 Å². The first-order chi connectivity index (χ1) is 8.18. The molecule has 0 aliphatic carbocycles. The number of carbonyl (C=O) groups excluding carboxylic acids is 1. The van der Waals surface area contributed by atoms with Crippen LogP contribution in [-0.2, 0) is 4.79 Å². The second-order valence-electron chi connectivity index (χ2n) is 4.73. The molecule has 0 aromatic heterocycles. The molecule has 1 saturated heterocycles. The Bertz CT molecular complexity index is 415. The standard InChI is InChI=1S/C14H20N2O/c1-10-6-5-8-12(11(10)2)16-13-7-3-4-9-15-14(13)17/h5-6,8,13,16H,3-4,7,9H2,1-2H3,(H,15,17). The number of aryl methyl sites for hydroxylation is 1. The molecule has 0 radical (unpaired) electrons. The van der Waals surface area contributed by atoms with Gasteiger partial charge < -0.3 is 10.6 Å². The topological polar surface area (TPSA) is 41.1 Å². The summed E-state index contributed by atoms with van der Waals surface area (Å²) in [7, 11) is 0. The third-order valence-corrected chi connectivity index (χ3v) is 3.47. The molecule has 2 N–H and O–H groups in total. The van der Waals surface area contributed by atoms with E-state index in [1.807, 2.05) is 12.1 Å². The van der Waals surface area contributed by atoms with E-state index in [-0.39, 0.29) is 11.9 Å². The maximum atomic E-state index is 11.8. The summed E-state index contributed by atoms with van der Waals surface area (Å²) in [5.41, 5.74) is 3.56. The van der Waals surface area contributed by atoms with E-state index < -0.39 is 0 Å². The van der Waals surface area contributed by atoms with Crippen molar-refractivity contribution in [3.8, 4) is 0 Å². The van der Waals surface area contributed by atoms with Crippen LogP contribution >= 0.6 is 0 Å². The molecule has 1 aliphatic rings. The highest BCUT2D eigenvalue weighted by Gasteiger charge is 2.20. The van der Waals surface area contributed by atoms with Crippen molar-refractivity contribution < 1.29 is 4.79 Å². The summed E-state index contributed by atoms with van der Waals surface area (Å²) in [6, 6.07) is 6.07. The zero-order valence-electron chi connectivity index (χ0n) is 10.5. The van der Waals surface area contributed by atoms with Crippen LogP contribution in [0.4, 0.5) is 5.69 Å². The second-order valence-corrected chi connectivity index (χ2v) is 4.73. The molecule has 1 aromatic rings. The number of nitrogens with one attached hydrogen (secondary N) is 2. The molecule has 0 bridgehead atoms. The largest absolute Gasteiger partial charge is 0.373 e. The number of benzene rings is 1. The fraction of sp³-hybridized carbons (Fsp3) is 0.500. The van der Waals surface area contributed by atoms with Crippen LogP contribution in [0.25, 0.3) is 0 Å².